The fraction of sp³-hybridized carbons (Fsp3) is 0.0526. The van der Waals surface area contributed by atoms with Crippen LogP contribution in [-0.4, -0.2) is 4.98 Å². The molecule has 2 aromatic carbocycles. The third-order valence-electron chi connectivity index (χ3n) is 3.36. The van der Waals surface area contributed by atoms with E-state index in [1.807, 2.05) is 48.7 Å². The molecule has 24 heavy (non-hydrogen) atoms. The van der Waals surface area contributed by atoms with Gasteiger partial charge in [0.2, 0.25) is 0 Å². The fourth-order valence-electron chi connectivity index (χ4n) is 2.16. The lowest BCUT2D eigenvalue weighted by atomic mass is 10.1. The second-order valence-corrected chi connectivity index (χ2v) is 6.28. The van der Waals surface area contributed by atoms with E-state index in [1.165, 1.54) is 12.1 Å². The largest absolute Gasteiger partial charge is 0.416 e. The van der Waals surface area contributed by atoms with Crippen LogP contribution in [0.3, 0.4) is 0 Å². The Morgan fingerprint density at radius 3 is 2.25 bits per heavy atom. The van der Waals surface area contributed by atoms with Gasteiger partial charge in [-0.2, -0.15) is 13.2 Å². The van der Waals surface area contributed by atoms with Crippen LogP contribution in [0.4, 0.5) is 13.2 Å². The number of benzene rings is 2. The van der Waals surface area contributed by atoms with Crippen molar-refractivity contribution in [2.75, 3.05) is 0 Å². The van der Waals surface area contributed by atoms with Crippen LogP contribution in [0.5, 0.6) is 0 Å². The minimum absolute atomic E-state index is 0.635. The molecule has 0 radical (unpaired) electrons. The maximum absolute atomic E-state index is 12.5. The molecule has 0 fully saturated rings. The minimum Gasteiger partial charge on any atom is -0.356 e. The van der Waals surface area contributed by atoms with Crippen LogP contribution in [0.1, 0.15) is 16.7 Å². The first-order valence-corrected chi connectivity index (χ1v) is 8.09. The lowest BCUT2D eigenvalue weighted by Gasteiger charge is -2.06. The maximum atomic E-state index is 12.5. The van der Waals surface area contributed by atoms with Gasteiger partial charge in [-0.3, -0.25) is 0 Å². The molecule has 5 heteroatoms. The van der Waals surface area contributed by atoms with Crippen LogP contribution in [0, 0.1) is 0 Å². The summed E-state index contributed by atoms with van der Waals surface area (Å²) < 4.78 is 37.6. The Labute approximate surface area is 142 Å². The smallest absolute Gasteiger partial charge is 0.356 e. The van der Waals surface area contributed by atoms with E-state index in [2.05, 4.69) is 4.98 Å². The van der Waals surface area contributed by atoms with Gasteiger partial charge in [-0.25, -0.2) is 0 Å². The van der Waals surface area contributed by atoms with Gasteiger partial charge in [-0.1, -0.05) is 48.2 Å². The molecule has 0 saturated heterocycles. The van der Waals surface area contributed by atoms with Crippen LogP contribution >= 0.6 is 11.8 Å². The SMILES string of the molecule is FC(F)(F)c1ccc(/C=C/c2cccc(Sc3ccc[nH]3)c2)cc1. The molecule has 0 aliphatic rings. The zero-order valence-corrected chi connectivity index (χ0v) is 13.4. The third kappa shape index (κ3) is 4.32. The Bertz CT molecular complexity index is 819. The van der Waals surface area contributed by atoms with Crippen LogP contribution < -0.4 is 0 Å². The van der Waals surface area contributed by atoms with Crippen LogP contribution in [0.2, 0.25) is 0 Å². The number of halogens is 3. The second-order valence-electron chi connectivity index (χ2n) is 5.16. The number of rotatable bonds is 4. The molecule has 0 amide bonds. The Morgan fingerprint density at radius 1 is 0.833 bits per heavy atom. The Morgan fingerprint density at radius 2 is 1.58 bits per heavy atom. The minimum atomic E-state index is -4.30. The highest BCUT2D eigenvalue weighted by Gasteiger charge is 2.29. The summed E-state index contributed by atoms with van der Waals surface area (Å²) in [6.07, 6.45) is 1.27. The molecule has 3 rings (SSSR count). The normalized spacial score (nSPS) is 12.0. The summed E-state index contributed by atoms with van der Waals surface area (Å²) in [6, 6.07) is 17.0. The van der Waals surface area contributed by atoms with Gasteiger partial charge in [0.25, 0.3) is 0 Å². The molecule has 1 nitrogen and oxygen atoms in total. The summed E-state index contributed by atoms with van der Waals surface area (Å²) in [6.45, 7) is 0. The summed E-state index contributed by atoms with van der Waals surface area (Å²) in [5.41, 5.74) is 1.08. The topological polar surface area (TPSA) is 15.8 Å². The monoisotopic (exact) mass is 345 g/mol. The number of hydrogen-bond donors (Lipinski definition) is 1. The number of nitrogens with one attached hydrogen (secondary N) is 1. The molecular weight excluding hydrogens is 331 g/mol. The van der Waals surface area contributed by atoms with Crippen molar-refractivity contribution in [3.63, 3.8) is 0 Å². The van der Waals surface area contributed by atoms with E-state index < -0.39 is 11.7 Å². The zero-order chi connectivity index (χ0) is 17.0. The van der Waals surface area contributed by atoms with Crippen molar-refractivity contribution in [2.24, 2.45) is 0 Å². The van der Waals surface area contributed by atoms with Gasteiger partial charge in [0.15, 0.2) is 0 Å². The van der Waals surface area contributed by atoms with E-state index in [0.717, 1.165) is 33.2 Å². The first kappa shape index (κ1) is 16.5. The molecule has 0 unspecified atom stereocenters. The predicted molar refractivity (Wildman–Crippen MR) is 91.7 cm³/mol. The van der Waals surface area contributed by atoms with Crippen molar-refractivity contribution in [3.05, 3.63) is 83.6 Å². The number of hydrogen-bond acceptors (Lipinski definition) is 1. The molecule has 122 valence electrons. The molecule has 1 aromatic heterocycles. The second kappa shape index (κ2) is 7.01. The molecule has 0 aliphatic carbocycles. The number of alkyl halides is 3. The van der Waals surface area contributed by atoms with Crippen molar-refractivity contribution in [1.82, 2.24) is 4.98 Å². The highest BCUT2D eigenvalue weighted by atomic mass is 32.2. The summed E-state index contributed by atoms with van der Waals surface area (Å²) in [7, 11) is 0. The molecule has 0 atom stereocenters. The van der Waals surface area contributed by atoms with E-state index in [-0.39, 0.29) is 0 Å². The van der Waals surface area contributed by atoms with Gasteiger partial charge in [0, 0.05) is 11.1 Å². The molecule has 0 aliphatic heterocycles. The first-order valence-electron chi connectivity index (χ1n) is 7.27. The highest BCUT2D eigenvalue weighted by Crippen LogP contribution is 2.30. The molecule has 0 spiro atoms. The van der Waals surface area contributed by atoms with Crippen molar-refractivity contribution in [3.8, 4) is 0 Å². The van der Waals surface area contributed by atoms with Gasteiger partial charge in [-0.05, 0) is 47.5 Å². The quantitative estimate of drug-likeness (QED) is 0.544. The maximum Gasteiger partial charge on any atom is 0.416 e. The van der Waals surface area contributed by atoms with Crippen LogP contribution in [0.15, 0.2) is 76.8 Å². The van der Waals surface area contributed by atoms with Crippen molar-refractivity contribution in [2.45, 2.75) is 16.1 Å². The van der Waals surface area contributed by atoms with Crippen molar-refractivity contribution >= 4 is 23.9 Å². The summed E-state index contributed by atoms with van der Waals surface area (Å²) >= 11 is 1.62. The number of aromatic nitrogens is 1. The van der Waals surface area contributed by atoms with E-state index in [1.54, 1.807) is 17.8 Å². The van der Waals surface area contributed by atoms with Gasteiger partial charge in [0.05, 0.1) is 10.6 Å². The van der Waals surface area contributed by atoms with E-state index in [0.29, 0.717) is 0 Å². The molecule has 1 N–H and O–H groups in total. The summed E-state index contributed by atoms with van der Waals surface area (Å²) in [5, 5.41) is 1.05. The van der Waals surface area contributed by atoms with Crippen LogP contribution in [-0.2, 0) is 6.18 Å². The zero-order valence-electron chi connectivity index (χ0n) is 12.5. The van der Waals surface area contributed by atoms with Gasteiger partial charge < -0.3 is 4.98 Å². The first-order chi connectivity index (χ1) is 11.5. The van der Waals surface area contributed by atoms with E-state index in [9.17, 15) is 13.2 Å². The predicted octanol–water partition coefficient (Wildman–Crippen LogP) is 6.36. The van der Waals surface area contributed by atoms with Gasteiger partial charge in [0.1, 0.15) is 0 Å². The van der Waals surface area contributed by atoms with Gasteiger partial charge in [-0.15, -0.1) is 0 Å². The average molecular weight is 345 g/mol. The summed E-state index contributed by atoms with van der Waals surface area (Å²) in [5.74, 6) is 0. The summed E-state index contributed by atoms with van der Waals surface area (Å²) in [4.78, 5) is 4.22. The van der Waals surface area contributed by atoms with Gasteiger partial charge >= 0.3 is 6.18 Å². The Kier molecular flexibility index (Phi) is 4.81. The number of H-pyrrole nitrogens is 1. The lowest BCUT2D eigenvalue weighted by Crippen LogP contribution is -2.03. The Hall–Kier alpha value is -2.40. The third-order valence-corrected chi connectivity index (χ3v) is 4.33. The molecule has 3 aromatic rings. The average Bonchev–Trinajstić information content (AvgIpc) is 3.06. The number of aromatic amines is 1. The molecule has 0 bridgehead atoms. The standard InChI is InChI=1S/C19H14F3NS/c20-19(21,22)16-10-8-14(9-11-16)6-7-15-3-1-4-17(13-15)24-18-5-2-12-23-18/h1-13,23H/b7-6+. The van der Waals surface area contributed by atoms with Crippen molar-refractivity contribution in [1.29, 1.82) is 0 Å². The Balaban J connectivity index is 1.72. The van der Waals surface area contributed by atoms with E-state index in [4.69, 9.17) is 0 Å². The van der Waals surface area contributed by atoms with Crippen molar-refractivity contribution < 1.29 is 13.2 Å². The highest BCUT2D eigenvalue weighted by molar-refractivity contribution is 7.99. The molecule has 1 heterocycles. The lowest BCUT2D eigenvalue weighted by molar-refractivity contribution is -0.137. The van der Waals surface area contributed by atoms with Crippen LogP contribution in [0.25, 0.3) is 12.2 Å². The van der Waals surface area contributed by atoms with E-state index >= 15 is 0 Å². The molecule has 0 saturated carbocycles. The molecular formula is C19H14F3NS. The fourth-order valence-corrected chi connectivity index (χ4v) is 3.03.